The molecule has 0 aliphatic carbocycles. The lowest BCUT2D eigenvalue weighted by molar-refractivity contribution is 0.227. The van der Waals surface area contributed by atoms with Gasteiger partial charge >= 0.3 is 0 Å². The van der Waals surface area contributed by atoms with Crippen LogP contribution in [0, 0.1) is 5.82 Å². The second kappa shape index (κ2) is 6.51. The lowest BCUT2D eigenvalue weighted by Crippen LogP contribution is -2.15. The van der Waals surface area contributed by atoms with Crippen LogP contribution in [0.1, 0.15) is 18.6 Å². The molecule has 0 spiro atoms. The van der Waals surface area contributed by atoms with E-state index in [0.29, 0.717) is 27.6 Å². The van der Waals surface area contributed by atoms with Crippen LogP contribution in [0.15, 0.2) is 24.4 Å². The summed E-state index contributed by atoms with van der Waals surface area (Å²) in [4.78, 5) is 3.98. The Morgan fingerprint density at radius 3 is 2.81 bits per heavy atom. The molecule has 1 aromatic heterocycles. The van der Waals surface area contributed by atoms with E-state index in [-0.39, 0.29) is 5.02 Å². The fourth-order valence-corrected chi connectivity index (χ4v) is 2.50. The summed E-state index contributed by atoms with van der Waals surface area (Å²) in [6.07, 6.45) is 0.797. The Labute approximate surface area is 132 Å². The maximum absolute atomic E-state index is 13.6. The number of benzene rings is 1. The fourth-order valence-electron chi connectivity index (χ4n) is 1.82. The summed E-state index contributed by atoms with van der Waals surface area (Å²) < 4.78 is 19.3. The zero-order valence-electron chi connectivity index (χ0n) is 11.0. The second-order valence-electron chi connectivity index (χ2n) is 4.28. The molecule has 0 aliphatic heterocycles. The predicted molar refractivity (Wildman–Crippen MR) is 82.9 cm³/mol. The summed E-state index contributed by atoms with van der Waals surface area (Å²) in [5, 5.41) is 0.210. The molecular formula is C13H11BCl2FN3O. The molecule has 2 rings (SSSR count). The Balaban J connectivity index is 2.37. The fraction of sp³-hybridized carbons (Fsp3) is 0.154. The lowest BCUT2D eigenvalue weighted by atomic mass is 9.99. The molecule has 0 amide bonds. The highest BCUT2D eigenvalue weighted by molar-refractivity contribution is 6.36. The molecular weight excluding hydrogens is 315 g/mol. The molecule has 108 valence electrons. The number of nitrogen functional groups attached to an aromatic ring is 1. The molecule has 4 nitrogen and oxygen atoms in total. The van der Waals surface area contributed by atoms with Crippen LogP contribution < -0.4 is 21.5 Å². The number of hydrazine groups is 1. The van der Waals surface area contributed by atoms with Crippen molar-refractivity contribution in [3.63, 3.8) is 0 Å². The maximum atomic E-state index is 13.6. The van der Waals surface area contributed by atoms with Crippen LogP contribution in [0.5, 0.6) is 5.75 Å². The van der Waals surface area contributed by atoms with Gasteiger partial charge in [-0.15, -0.1) is 0 Å². The third-order valence-corrected chi connectivity index (χ3v) is 3.51. The Bertz CT molecular complexity index is 672. The van der Waals surface area contributed by atoms with Crippen LogP contribution in [-0.2, 0) is 0 Å². The van der Waals surface area contributed by atoms with Gasteiger partial charge in [-0.1, -0.05) is 28.7 Å². The minimum Gasteiger partial charge on any atom is -0.482 e. The zero-order chi connectivity index (χ0) is 15.6. The lowest BCUT2D eigenvalue weighted by Gasteiger charge is -2.19. The van der Waals surface area contributed by atoms with Crippen molar-refractivity contribution >= 4 is 42.3 Å². The smallest absolute Gasteiger partial charge is 0.182 e. The molecule has 1 unspecified atom stereocenters. The number of anilines is 1. The SMILES string of the molecule is [B]c1cnc(NN)c(OC(C)c2c(Cl)ccc(F)c2Cl)c1. The van der Waals surface area contributed by atoms with Gasteiger partial charge in [0.15, 0.2) is 11.6 Å². The number of nitrogens with zero attached hydrogens (tertiary/aromatic N) is 1. The Kier molecular flexibility index (Phi) is 4.93. The Morgan fingerprint density at radius 1 is 1.43 bits per heavy atom. The van der Waals surface area contributed by atoms with Crippen molar-refractivity contribution in [3.8, 4) is 5.75 Å². The molecule has 21 heavy (non-hydrogen) atoms. The van der Waals surface area contributed by atoms with Crippen molar-refractivity contribution < 1.29 is 9.13 Å². The van der Waals surface area contributed by atoms with Gasteiger partial charge in [0.05, 0.1) is 5.02 Å². The number of halogens is 3. The second-order valence-corrected chi connectivity index (χ2v) is 5.06. The molecule has 1 atom stereocenters. The van der Waals surface area contributed by atoms with E-state index in [4.69, 9.17) is 41.6 Å². The first-order valence-electron chi connectivity index (χ1n) is 5.96. The van der Waals surface area contributed by atoms with Gasteiger partial charge in [-0.2, -0.15) is 0 Å². The summed E-state index contributed by atoms with van der Waals surface area (Å²) in [7, 11) is 5.66. The van der Waals surface area contributed by atoms with E-state index < -0.39 is 11.9 Å². The first-order valence-corrected chi connectivity index (χ1v) is 6.71. The van der Waals surface area contributed by atoms with E-state index >= 15 is 0 Å². The van der Waals surface area contributed by atoms with Crippen LogP contribution in [0.4, 0.5) is 10.2 Å². The summed E-state index contributed by atoms with van der Waals surface area (Å²) in [6.45, 7) is 1.68. The molecule has 1 aromatic carbocycles. The zero-order valence-corrected chi connectivity index (χ0v) is 12.5. The Morgan fingerprint density at radius 2 is 2.14 bits per heavy atom. The van der Waals surface area contributed by atoms with Crippen LogP contribution in [0.25, 0.3) is 0 Å². The molecule has 2 aromatic rings. The molecule has 3 N–H and O–H groups in total. The maximum Gasteiger partial charge on any atom is 0.182 e. The van der Waals surface area contributed by atoms with Crippen molar-refractivity contribution in [1.82, 2.24) is 4.98 Å². The van der Waals surface area contributed by atoms with Crippen molar-refractivity contribution in [2.24, 2.45) is 5.84 Å². The number of pyridine rings is 1. The molecule has 0 saturated carbocycles. The molecule has 0 saturated heterocycles. The largest absolute Gasteiger partial charge is 0.482 e. The number of hydrogen-bond donors (Lipinski definition) is 2. The average molecular weight is 326 g/mol. The van der Waals surface area contributed by atoms with Gasteiger partial charge in [0.1, 0.15) is 19.8 Å². The number of ether oxygens (including phenoxy) is 1. The van der Waals surface area contributed by atoms with Crippen molar-refractivity contribution in [2.75, 3.05) is 5.43 Å². The highest BCUT2D eigenvalue weighted by atomic mass is 35.5. The first-order chi connectivity index (χ1) is 9.93. The molecule has 0 aliphatic rings. The molecule has 2 radical (unpaired) electrons. The highest BCUT2D eigenvalue weighted by Crippen LogP contribution is 2.35. The average Bonchev–Trinajstić information content (AvgIpc) is 2.43. The number of aromatic nitrogens is 1. The van der Waals surface area contributed by atoms with E-state index in [2.05, 4.69) is 10.4 Å². The number of nitrogens with two attached hydrogens (primary N) is 1. The Hall–Kier alpha value is -1.50. The van der Waals surface area contributed by atoms with E-state index in [1.807, 2.05) is 0 Å². The van der Waals surface area contributed by atoms with E-state index in [9.17, 15) is 4.39 Å². The topological polar surface area (TPSA) is 60.2 Å². The van der Waals surface area contributed by atoms with Crippen LogP contribution in [0.3, 0.4) is 0 Å². The van der Waals surface area contributed by atoms with Crippen LogP contribution >= 0.6 is 23.2 Å². The van der Waals surface area contributed by atoms with Gasteiger partial charge in [0, 0.05) is 16.8 Å². The van der Waals surface area contributed by atoms with Crippen LogP contribution in [-0.4, -0.2) is 12.8 Å². The van der Waals surface area contributed by atoms with Gasteiger partial charge in [-0.3, -0.25) is 0 Å². The normalized spacial score (nSPS) is 12.0. The summed E-state index contributed by atoms with van der Waals surface area (Å²) in [6, 6.07) is 4.15. The van der Waals surface area contributed by atoms with Crippen molar-refractivity contribution in [2.45, 2.75) is 13.0 Å². The number of rotatable bonds is 4. The predicted octanol–water partition coefficient (Wildman–Crippen LogP) is 2.75. The molecule has 0 fully saturated rings. The number of nitrogens with one attached hydrogen (secondary N) is 1. The third kappa shape index (κ3) is 3.40. The van der Waals surface area contributed by atoms with Crippen molar-refractivity contribution in [1.29, 1.82) is 0 Å². The monoisotopic (exact) mass is 325 g/mol. The summed E-state index contributed by atoms with van der Waals surface area (Å²) in [5.74, 6) is 5.38. The standard InChI is InChI=1S/C13H11BCl2FN3O/c1-6(11-8(15)2-3-9(17)12(11)16)21-10-4-7(14)5-19-13(10)20-18/h2-6H,18H2,1H3,(H,19,20). The van der Waals surface area contributed by atoms with Gasteiger partial charge in [-0.05, 0) is 25.1 Å². The molecule has 1 heterocycles. The van der Waals surface area contributed by atoms with E-state index in [1.54, 1.807) is 13.0 Å². The minimum absolute atomic E-state index is 0.0888. The van der Waals surface area contributed by atoms with E-state index in [1.165, 1.54) is 18.3 Å². The van der Waals surface area contributed by atoms with Crippen LogP contribution in [0.2, 0.25) is 10.0 Å². The number of hydrogen-bond acceptors (Lipinski definition) is 4. The summed E-state index contributed by atoms with van der Waals surface area (Å²) in [5.41, 5.74) is 3.12. The minimum atomic E-state index is -0.628. The van der Waals surface area contributed by atoms with E-state index in [0.717, 1.165) is 0 Å². The highest BCUT2D eigenvalue weighted by Gasteiger charge is 2.19. The molecule has 8 heteroatoms. The molecule has 0 bridgehead atoms. The first kappa shape index (κ1) is 15.9. The van der Waals surface area contributed by atoms with Gasteiger partial charge in [-0.25, -0.2) is 15.2 Å². The van der Waals surface area contributed by atoms with Gasteiger partial charge in [0.25, 0.3) is 0 Å². The summed E-state index contributed by atoms with van der Waals surface area (Å²) >= 11 is 12.0. The van der Waals surface area contributed by atoms with Gasteiger partial charge < -0.3 is 10.2 Å². The third-order valence-electron chi connectivity index (χ3n) is 2.80. The van der Waals surface area contributed by atoms with Crippen molar-refractivity contribution in [3.05, 3.63) is 45.8 Å². The quantitative estimate of drug-likeness (QED) is 0.393. The van der Waals surface area contributed by atoms with Gasteiger partial charge in [0.2, 0.25) is 0 Å².